The summed E-state index contributed by atoms with van der Waals surface area (Å²) in [6.45, 7) is -2.71. The fourth-order valence-electron chi connectivity index (χ4n) is 0.341. The van der Waals surface area contributed by atoms with Crippen LogP contribution in [-0.2, 0) is 0 Å². The van der Waals surface area contributed by atoms with Gasteiger partial charge < -0.3 is 0 Å². The maximum atomic E-state index is 13.3. The molecule has 1 nitrogen and oxygen atoms in total. The van der Waals surface area contributed by atoms with Gasteiger partial charge in [-0.05, 0) is 28.8 Å². The van der Waals surface area contributed by atoms with Gasteiger partial charge in [0, 0.05) is 10.3 Å². The van der Waals surface area contributed by atoms with Crippen molar-refractivity contribution in [2.45, 2.75) is 6.85 Å². The second-order valence-corrected chi connectivity index (χ2v) is 2.12. The molecular formula is C6H5BrFN. The van der Waals surface area contributed by atoms with Crippen molar-refractivity contribution in [3.8, 4) is 0 Å². The molecule has 0 atom stereocenters. The average molecular weight is 195 g/mol. The Kier molecular flexibility index (Phi) is 0.720. The summed E-state index contributed by atoms with van der Waals surface area (Å²) in [5.41, 5.74) is -0.787. The van der Waals surface area contributed by atoms with Crippen molar-refractivity contribution in [2.24, 2.45) is 0 Å². The van der Waals surface area contributed by atoms with E-state index in [0.29, 0.717) is 0 Å². The highest BCUT2D eigenvalue weighted by Gasteiger charge is 1.99. The Balaban J connectivity index is 3.49. The Labute approximate surface area is 68.1 Å². The number of aromatic nitrogens is 1. The summed E-state index contributed by atoms with van der Waals surface area (Å²) in [5.74, 6) is -1.11. The third kappa shape index (κ3) is 1.27. The largest absolute Gasteiger partial charge is 0.258 e. The molecule has 0 N–H and O–H groups in total. The van der Waals surface area contributed by atoms with Crippen LogP contribution in [0.25, 0.3) is 0 Å². The lowest BCUT2D eigenvalue weighted by Crippen LogP contribution is -1.86. The summed E-state index contributed by atoms with van der Waals surface area (Å²) in [4.78, 5) is 3.22. The van der Waals surface area contributed by atoms with Crippen LogP contribution >= 0.6 is 15.9 Å². The minimum absolute atomic E-state index is 0.344. The molecule has 0 spiro atoms. The van der Waals surface area contributed by atoms with E-state index in [9.17, 15) is 4.39 Å². The van der Waals surface area contributed by atoms with Gasteiger partial charge >= 0.3 is 0 Å². The van der Waals surface area contributed by atoms with Crippen LogP contribution in [0.1, 0.15) is 12.5 Å². The van der Waals surface area contributed by atoms with Crippen LogP contribution < -0.4 is 0 Å². The van der Waals surface area contributed by atoms with E-state index in [1.54, 1.807) is 0 Å². The number of halogens is 2. The Hall–Kier alpha value is -0.440. The van der Waals surface area contributed by atoms with E-state index in [1.807, 2.05) is 0 Å². The van der Waals surface area contributed by atoms with Crippen molar-refractivity contribution in [1.82, 2.24) is 4.98 Å². The molecular weight excluding hydrogens is 185 g/mol. The SMILES string of the molecule is [2H]c1nc(C([2H])([2H])[2H])c(F)c(Br)c1[2H]. The van der Waals surface area contributed by atoms with Crippen molar-refractivity contribution < 1.29 is 11.2 Å². The Bertz CT molecular complexity index is 377. The van der Waals surface area contributed by atoms with E-state index in [1.165, 1.54) is 0 Å². The molecule has 0 aliphatic carbocycles. The van der Waals surface area contributed by atoms with Crippen LogP contribution in [0, 0.1) is 12.7 Å². The number of nitrogens with zero attached hydrogens (tertiary/aromatic N) is 1. The van der Waals surface area contributed by atoms with E-state index in [4.69, 9.17) is 6.85 Å². The lowest BCUT2D eigenvalue weighted by Gasteiger charge is -1.94. The fraction of sp³-hybridized carbons (Fsp3) is 0.167. The summed E-state index contributed by atoms with van der Waals surface area (Å²) in [6.07, 6.45) is -0.565. The van der Waals surface area contributed by atoms with Gasteiger partial charge in [-0.15, -0.1) is 0 Å². The van der Waals surface area contributed by atoms with Crippen LogP contribution in [0.2, 0.25) is 0 Å². The summed E-state index contributed by atoms with van der Waals surface area (Å²) in [5, 5.41) is 0. The molecule has 0 fully saturated rings. The number of aryl methyl sites for hydroxylation is 1. The first-order chi connectivity index (χ1) is 6.25. The normalized spacial score (nSPS) is 19.1. The topological polar surface area (TPSA) is 12.9 Å². The second kappa shape index (κ2) is 2.43. The molecule has 0 aliphatic heterocycles. The van der Waals surface area contributed by atoms with Gasteiger partial charge in [-0.25, -0.2) is 4.39 Å². The number of rotatable bonds is 0. The highest BCUT2D eigenvalue weighted by atomic mass is 79.9. The zero-order valence-electron chi connectivity index (χ0n) is 9.20. The highest BCUT2D eigenvalue weighted by molar-refractivity contribution is 9.10. The lowest BCUT2D eigenvalue weighted by atomic mass is 10.4. The predicted molar refractivity (Wildman–Crippen MR) is 36.6 cm³/mol. The molecule has 0 radical (unpaired) electrons. The van der Waals surface area contributed by atoms with Gasteiger partial charge in [0.05, 0.1) is 12.9 Å². The molecule has 1 aromatic rings. The molecule has 0 aromatic carbocycles. The van der Waals surface area contributed by atoms with Gasteiger partial charge in [0.15, 0.2) is 5.82 Å². The first-order valence-electron chi connectivity index (χ1n) is 4.58. The molecule has 0 aliphatic rings. The number of hydrogen-bond donors (Lipinski definition) is 0. The summed E-state index contributed by atoms with van der Waals surface area (Å²) < 4.78 is 48.0. The Morgan fingerprint density at radius 2 is 2.78 bits per heavy atom. The van der Waals surface area contributed by atoms with Gasteiger partial charge in [-0.2, -0.15) is 0 Å². The summed E-state index contributed by atoms with van der Waals surface area (Å²) in [6, 6.07) is -0.462. The van der Waals surface area contributed by atoms with Crippen LogP contribution in [0.3, 0.4) is 0 Å². The van der Waals surface area contributed by atoms with Crippen LogP contribution in [0.5, 0.6) is 0 Å². The van der Waals surface area contributed by atoms with Gasteiger partial charge in [-0.1, -0.05) is 0 Å². The first kappa shape index (κ1) is 2.66. The van der Waals surface area contributed by atoms with E-state index in [2.05, 4.69) is 20.9 Å². The molecule has 48 valence electrons. The molecule has 1 aromatic heterocycles. The quantitative estimate of drug-likeness (QED) is 0.618. The second-order valence-electron chi connectivity index (χ2n) is 1.33. The molecule has 0 amide bonds. The van der Waals surface area contributed by atoms with E-state index in [-0.39, 0.29) is 4.47 Å². The maximum Gasteiger partial charge on any atom is 0.158 e. The zero-order valence-corrected chi connectivity index (χ0v) is 5.79. The van der Waals surface area contributed by atoms with E-state index < -0.39 is 30.6 Å². The highest BCUT2D eigenvalue weighted by Crippen LogP contribution is 2.14. The predicted octanol–water partition coefficient (Wildman–Crippen LogP) is 2.29. The van der Waals surface area contributed by atoms with Gasteiger partial charge in [0.25, 0.3) is 0 Å². The fourth-order valence-corrected chi connectivity index (χ4v) is 0.617. The smallest absolute Gasteiger partial charge is 0.158 e. The molecule has 1 heterocycles. The summed E-state index contributed by atoms with van der Waals surface area (Å²) in [7, 11) is 0. The van der Waals surface area contributed by atoms with Gasteiger partial charge in [0.1, 0.15) is 0 Å². The molecule has 3 heteroatoms. The molecule has 1 rings (SSSR count). The van der Waals surface area contributed by atoms with Crippen LogP contribution in [0.15, 0.2) is 16.7 Å². The van der Waals surface area contributed by atoms with Crippen molar-refractivity contribution in [2.75, 3.05) is 0 Å². The van der Waals surface area contributed by atoms with Crippen LogP contribution in [-0.4, -0.2) is 4.98 Å². The minimum Gasteiger partial charge on any atom is -0.258 e. The van der Waals surface area contributed by atoms with Crippen molar-refractivity contribution in [3.05, 3.63) is 28.2 Å². The van der Waals surface area contributed by atoms with Gasteiger partial charge in [0.2, 0.25) is 0 Å². The third-order valence-electron chi connectivity index (χ3n) is 0.734. The number of hydrogen-bond acceptors (Lipinski definition) is 1. The maximum absolute atomic E-state index is 13.3. The molecule has 0 unspecified atom stereocenters. The zero-order chi connectivity index (χ0) is 11.1. The Morgan fingerprint density at radius 1 is 2.00 bits per heavy atom. The number of pyridine rings is 1. The van der Waals surface area contributed by atoms with Crippen LogP contribution in [0.4, 0.5) is 4.39 Å². The monoisotopic (exact) mass is 194 g/mol. The Morgan fingerprint density at radius 3 is 3.44 bits per heavy atom. The lowest BCUT2D eigenvalue weighted by molar-refractivity contribution is 0.603. The van der Waals surface area contributed by atoms with E-state index >= 15 is 0 Å². The minimum atomic E-state index is -2.71. The van der Waals surface area contributed by atoms with Crippen molar-refractivity contribution in [1.29, 1.82) is 0 Å². The van der Waals surface area contributed by atoms with E-state index in [0.717, 1.165) is 0 Å². The molecule has 0 saturated carbocycles. The van der Waals surface area contributed by atoms with Gasteiger partial charge in [-0.3, -0.25) is 4.98 Å². The molecule has 0 bridgehead atoms. The van der Waals surface area contributed by atoms with Crippen molar-refractivity contribution in [3.63, 3.8) is 0 Å². The molecule has 0 saturated heterocycles. The third-order valence-corrected chi connectivity index (χ3v) is 1.28. The van der Waals surface area contributed by atoms with Crippen molar-refractivity contribution >= 4 is 15.9 Å². The summed E-state index contributed by atoms with van der Waals surface area (Å²) >= 11 is 2.70. The first-order valence-corrected chi connectivity index (χ1v) is 2.87. The standard InChI is InChI=1S/C6H5BrFN/c1-4-6(8)5(7)2-3-9-4/h2-3H,1H3/i1D3,2D,3D. The molecule has 9 heavy (non-hydrogen) atoms. The average Bonchev–Trinajstić information content (AvgIpc) is 2.06.